The van der Waals surface area contributed by atoms with Crippen LogP contribution >= 0.6 is 23.2 Å². The summed E-state index contributed by atoms with van der Waals surface area (Å²) in [5.74, 6) is 0.151. The molecule has 1 aromatic carbocycles. The lowest BCUT2D eigenvalue weighted by Crippen LogP contribution is -2.43. The molecule has 26 heavy (non-hydrogen) atoms. The summed E-state index contributed by atoms with van der Waals surface area (Å²) in [7, 11) is 1.59. The molecule has 1 aliphatic heterocycles. The molecule has 1 aromatic heterocycles. The van der Waals surface area contributed by atoms with E-state index >= 15 is 0 Å². The van der Waals surface area contributed by atoms with E-state index in [0.29, 0.717) is 15.9 Å². The molecule has 3 amide bonds. The largest absolute Gasteiger partial charge is 0.350 e. The third-order valence-corrected chi connectivity index (χ3v) is 4.77. The van der Waals surface area contributed by atoms with E-state index < -0.39 is 6.04 Å². The number of halogens is 2. The van der Waals surface area contributed by atoms with Crippen LogP contribution in [0, 0.1) is 6.92 Å². The first-order chi connectivity index (χ1) is 12.4. The summed E-state index contributed by atoms with van der Waals surface area (Å²) in [6.07, 6.45) is 0. The van der Waals surface area contributed by atoms with Gasteiger partial charge in [-0.15, -0.1) is 5.10 Å². The highest BCUT2D eigenvalue weighted by Gasteiger charge is 2.40. The highest BCUT2D eigenvalue weighted by molar-refractivity contribution is 6.35. The van der Waals surface area contributed by atoms with Gasteiger partial charge in [-0.2, -0.15) is 5.10 Å². The number of amides is 3. The summed E-state index contributed by atoms with van der Waals surface area (Å²) >= 11 is 12.0. The lowest BCUT2D eigenvalue weighted by molar-refractivity contribution is -0.124. The Bertz CT molecular complexity index is 844. The molecular formula is C17H17Cl2N5O2. The maximum Gasteiger partial charge on any atom is 0.326 e. The van der Waals surface area contributed by atoms with Crippen molar-refractivity contribution in [1.82, 2.24) is 20.4 Å². The molecule has 2 heterocycles. The number of anilines is 1. The highest BCUT2D eigenvalue weighted by Crippen LogP contribution is 2.22. The number of urea groups is 1. The fourth-order valence-electron chi connectivity index (χ4n) is 2.65. The lowest BCUT2D eigenvalue weighted by Gasteiger charge is -2.17. The van der Waals surface area contributed by atoms with Crippen LogP contribution in [0.4, 0.5) is 10.6 Å². The molecule has 1 saturated heterocycles. The molecule has 2 aromatic rings. The molecule has 0 bridgehead atoms. The maximum atomic E-state index is 12.5. The number of hydrogen-bond acceptors (Lipinski definition) is 4. The molecule has 0 saturated carbocycles. The van der Waals surface area contributed by atoms with Gasteiger partial charge in [0.25, 0.3) is 0 Å². The van der Waals surface area contributed by atoms with Crippen LogP contribution in [0.1, 0.15) is 11.3 Å². The second kappa shape index (κ2) is 7.47. The van der Waals surface area contributed by atoms with Gasteiger partial charge in [0.15, 0.2) is 5.82 Å². The van der Waals surface area contributed by atoms with E-state index in [1.165, 1.54) is 9.80 Å². The van der Waals surface area contributed by atoms with E-state index in [1.807, 2.05) is 6.92 Å². The quantitative estimate of drug-likeness (QED) is 0.865. The Kier molecular flexibility index (Phi) is 5.29. The number of hydrogen-bond donors (Lipinski definition) is 1. The molecule has 1 unspecified atom stereocenters. The van der Waals surface area contributed by atoms with Gasteiger partial charge in [0, 0.05) is 23.6 Å². The summed E-state index contributed by atoms with van der Waals surface area (Å²) in [4.78, 5) is 27.8. The van der Waals surface area contributed by atoms with Crippen molar-refractivity contribution in [2.24, 2.45) is 0 Å². The minimum atomic E-state index is -0.628. The zero-order chi connectivity index (χ0) is 18.8. The van der Waals surface area contributed by atoms with Crippen LogP contribution in [0.25, 0.3) is 0 Å². The van der Waals surface area contributed by atoms with E-state index in [1.54, 1.807) is 37.4 Å². The van der Waals surface area contributed by atoms with Gasteiger partial charge in [0.1, 0.15) is 6.04 Å². The number of nitrogens with zero attached hydrogens (tertiary/aromatic N) is 4. The van der Waals surface area contributed by atoms with Crippen molar-refractivity contribution in [3.8, 4) is 0 Å². The molecule has 1 N–H and O–H groups in total. The first-order valence-corrected chi connectivity index (χ1v) is 8.68. The number of nitrogens with one attached hydrogen (secondary N) is 1. The Morgan fingerprint density at radius 2 is 2.04 bits per heavy atom. The van der Waals surface area contributed by atoms with Crippen molar-refractivity contribution in [3.05, 3.63) is 51.6 Å². The maximum absolute atomic E-state index is 12.5. The lowest BCUT2D eigenvalue weighted by atomic mass is 10.2. The fraction of sp³-hybridized carbons (Fsp3) is 0.294. The molecule has 136 valence electrons. The molecular weight excluding hydrogens is 377 g/mol. The van der Waals surface area contributed by atoms with Gasteiger partial charge in [0.05, 0.1) is 12.2 Å². The predicted molar refractivity (Wildman–Crippen MR) is 99.4 cm³/mol. The third kappa shape index (κ3) is 3.73. The molecule has 1 aliphatic rings. The van der Waals surface area contributed by atoms with Gasteiger partial charge in [-0.1, -0.05) is 29.3 Å². The van der Waals surface area contributed by atoms with Gasteiger partial charge in [-0.3, -0.25) is 9.69 Å². The minimum Gasteiger partial charge on any atom is -0.350 e. The Labute approximate surface area is 160 Å². The van der Waals surface area contributed by atoms with Crippen LogP contribution in [0.15, 0.2) is 30.3 Å². The van der Waals surface area contributed by atoms with Crippen molar-refractivity contribution in [2.75, 3.05) is 18.5 Å². The standard InChI is InChI=1S/C17H17Cl2N5O2/c1-10-3-6-15(22-21-10)24-9-14(23(2)17(24)26)16(25)20-8-11-4-5-12(18)7-13(11)19/h3-7,14H,8-9H2,1-2H3,(H,20,25). The van der Waals surface area contributed by atoms with Crippen LogP contribution in [-0.4, -0.2) is 46.7 Å². The van der Waals surface area contributed by atoms with E-state index in [4.69, 9.17) is 23.2 Å². The van der Waals surface area contributed by atoms with Crippen molar-refractivity contribution in [2.45, 2.75) is 19.5 Å². The molecule has 1 atom stereocenters. The number of rotatable bonds is 4. The number of likely N-dealkylation sites (N-methyl/N-ethyl adjacent to an activating group) is 1. The summed E-state index contributed by atoms with van der Waals surface area (Å²) < 4.78 is 0. The number of benzene rings is 1. The Hall–Kier alpha value is -2.38. The molecule has 7 nitrogen and oxygen atoms in total. The van der Waals surface area contributed by atoms with Crippen LogP contribution in [0.2, 0.25) is 10.0 Å². The van der Waals surface area contributed by atoms with Crippen LogP contribution in [0.5, 0.6) is 0 Å². The van der Waals surface area contributed by atoms with Crippen LogP contribution < -0.4 is 10.2 Å². The van der Waals surface area contributed by atoms with E-state index in [-0.39, 0.29) is 25.0 Å². The Balaban J connectivity index is 1.67. The summed E-state index contributed by atoms with van der Waals surface area (Å²) in [6.45, 7) is 2.26. The van der Waals surface area contributed by atoms with Gasteiger partial charge in [-0.05, 0) is 36.8 Å². The van der Waals surface area contributed by atoms with Gasteiger partial charge < -0.3 is 10.2 Å². The van der Waals surface area contributed by atoms with E-state index in [0.717, 1.165) is 11.3 Å². The SMILES string of the molecule is Cc1ccc(N2CC(C(=O)NCc3ccc(Cl)cc3Cl)N(C)C2=O)nn1. The first kappa shape index (κ1) is 18.4. The minimum absolute atomic E-state index is 0.202. The normalized spacial score (nSPS) is 16.9. The van der Waals surface area contributed by atoms with Crippen molar-refractivity contribution in [3.63, 3.8) is 0 Å². The van der Waals surface area contributed by atoms with Crippen molar-refractivity contribution in [1.29, 1.82) is 0 Å². The van der Waals surface area contributed by atoms with Gasteiger partial charge in [0.2, 0.25) is 5.91 Å². The Morgan fingerprint density at radius 3 is 2.69 bits per heavy atom. The number of aryl methyl sites for hydroxylation is 1. The van der Waals surface area contributed by atoms with Crippen LogP contribution in [0.3, 0.4) is 0 Å². The van der Waals surface area contributed by atoms with Gasteiger partial charge in [-0.25, -0.2) is 4.79 Å². The van der Waals surface area contributed by atoms with Crippen LogP contribution in [-0.2, 0) is 11.3 Å². The molecule has 0 spiro atoms. The molecule has 1 fully saturated rings. The average Bonchev–Trinajstić information content (AvgIpc) is 2.90. The first-order valence-electron chi connectivity index (χ1n) is 7.93. The molecule has 0 aliphatic carbocycles. The topological polar surface area (TPSA) is 78.4 Å². The molecule has 3 rings (SSSR count). The summed E-state index contributed by atoms with van der Waals surface area (Å²) in [6, 6.07) is 7.63. The second-order valence-electron chi connectivity index (χ2n) is 6.01. The number of carbonyl (C=O) groups excluding carboxylic acids is 2. The average molecular weight is 394 g/mol. The zero-order valence-corrected chi connectivity index (χ0v) is 15.8. The summed E-state index contributed by atoms with van der Waals surface area (Å²) in [5, 5.41) is 11.8. The predicted octanol–water partition coefficient (Wildman–Crippen LogP) is 2.65. The zero-order valence-electron chi connectivity index (χ0n) is 14.2. The van der Waals surface area contributed by atoms with Crippen molar-refractivity contribution < 1.29 is 9.59 Å². The third-order valence-electron chi connectivity index (χ3n) is 4.19. The fourth-order valence-corrected chi connectivity index (χ4v) is 3.12. The number of carbonyl (C=O) groups is 2. The monoisotopic (exact) mass is 393 g/mol. The molecule has 9 heteroatoms. The molecule has 0 radical (unpaired) electrons. The Morgan fingerprint density at radius 1 is 1.27 bits per heavy atom. The van der Waals surface area contributed by atoms with E-state index in [9.17, 15) is 9.59 Å². The van der Waals surface area contributed by atoms with Gasteiger partial charge >= 0.3 is 6.03 Å². The summed E-state index contributed by atoms with van der Waals surface area (Å²) in [5.41, 5.74) is 1.50. The van der Waals surface area contributed by atoms with E-state index in [2.05, 4.69) is 15.5 Å². The smallest absolute Gasteiger partial charge is 0.326 e. The second-order valence-corrected chi connectivity index (χ2v) is 6.85. The number of aromatic nitrogens is 2. The van der Waals surface area contributed by atoms with Crippen molar-refractivity contribution >= 4 is 41.0 Å². The highest BCUT2D eigenvalue weighted by atomic mass is 35.5.